The van der Waals surface area contributed by atoms with Crippen LogP contribution < -0.4 is 5.32 Å². The Morgan fingerprint density at radius 2 is 2.08 bits per heavy atom. The van der Waals surface area contributed by atoms with Gasteiger partial charge in [0.1, 0.15) is 11.9 Å². The Morgan fingerprint density at radius 1 is 1.27 bits per heavy atom. The average Bonchev–Trinajstić information content (AvgIpc) is 3.19. The molecule has 2 aliphatic rings. The van der Waals surface area contributed by atoms with Crippen molar-refractivity contribution < 1.29 is 13.9 Å². The first-order chi connectivity index (χ1) is 12.7. The zero-order valence-corrected chi connectivity index (χ0v) is 14.5. The second-order valence-corrected chi connectivity index (χ2v) is 6.70. The van der Waals surface area contributed by atoms with Crippen LogP contribution >= 0.6 is 0 Å². The van der Waals surface area contributed by atoms with E-state index in [9.17, 15) is 9.18 Å². The van der Waals surface area contributed by atoms with Gasteiger partial charge in [-0.1, -0.05) is 23.4 Å². The zero-order chi connectivity index (χ0) is 17.9. The molecule has 7 nitrogen and oxygen atoms in total. The number of halogens is 1. The van der Waals surface area contributed by atoms with E-state index >= 15 is 0 Å². The summed E-state index contributed by atoms with van der Waals surface area (Å²) in [4.78, 5) is 14.5. The first-order valence-corrected chi connectivity index (χ1v) is 9.00. The number of carbonyl (C=O) groups is 1. The zero-order valence-electron chi connectivity index (χ0n) is 14.5. The molecule has 2 aliphatic heterocycles. The lowest BCUT2D eigenvalue weighted by molar-refractivity contribution is -0.0245. The highest BCUT2D eigenvalue weighted by atomic mass is 19.1. The minimum atomic E-state index is -0.464. The van der Waals surface area contributed by atoms with Gasteiger partial charge in [0.15, 0.2) is 5.69 Å². The Hall–Kier alpha value is -2.32. The van der Waals surface area contributed by atoms with E-state index in [4.69, 9.17) is 4.74 Å². The molecule has 1 amide bonds. The summed E-state index contributed by atoms with van der Waals surface area (Å²) in [6.45, 7) is 3.03. The number of benzene rings is 1. The van der Waals surface area contributed by atoms with Crippen LogP contribution in [-0.2, 0) is 4.74 Å². The molecule has 2 fully saturated rings. The Balaban J connectivity index is 1.46. The van der Waals surface area contributed by atoms with Gasteiger partial charge in [0.05, 0.1) is 25.4 Å². The molecule has 0 saturated carbocycles. The van der Waals surface area contributed by atoms with Gasteiger partial charge in [-0.2, -0.15) is 0 Å². The summed E-state index contributed by atoms with van der Waals surface area (Å²) >= 11 is 0. The summed E-state index contributed by atoms with van der Waals surface area (Å²) in [6, 6.07) is 6.79. The third kappa shape index (κ3) is 3.47. The van der Waals surface area contributed by atoms with Gasteiger partial charge in [-0.05, 0) is 32.0 Å². The molecule has 1 unspecified atom stereocenters. The third-order valence-corrected chi connectivity index (χ3v) is 5.02. The molecule has 2 saturated heterocycles. The molecule has 1 aromatic carbocycles. The van der Waals surface area contributed by atoms with Crippen LogP contribution in [0.3, 0.4) is 0 Å². The van der Waals surface area contributed by atoms with Crippen molar-refractivity contribution in [2.45, 2.75) is 25.0 Å². The predicted molar refractivity (Wildman–Crippen MR) is 92.2 cm³/mol. The topological polar surface area (TPSA) is 72.3 Å². The minimum absolute atomic E-state index is 0.185. The second kappa shape index (κ2) is 7.51. The number of hydrogen-bond donors (Lipinski definition) is 1. The number of piperidine rings is 1. The van der Waals surface area contributed by atoms with E-state index < -0.39 is 6.10 Å². The van der Waals surface area contributed by atoms with Gasteiger partial charge >= 0.3 is 0 Å². The molecule has 0 aliphatic carbocycles. The fourth-order valence-electron chi connectivity index (χ4n) is 3.54. The number of nitrogens with zero attached hydrogens (tertiary/aromatic N) is 4. The number of morpholine rings is 1. The average molecular weight is 359 g/mol. The SMILES string of the molecule is O=C(c1cn(C2CCNCC2)nn1)N1CCOC(c2ccccc2F)C1. The number of amides is 1. The molecule has 8 heteroatoms. The van der Waals surface area contributed by atoms with Gasteiger partial charge in [-0.15, -0.1) is 5.10 Å². The van der Waals surface area contributed by atoms with E-state index in [2.05, 4.69) is 15.6 Å². The molecular weight excluding hydrogens is 337 g/mol. The van der Waals surface area contributed by atoms with Crippen LogP contribution in [0.1, 0.15) is 41.0 Å². The van der Waals surface area contributed by atoms with Crippen molar-refractivity contribution in [3.8, 4) is 0 Å². The van der Waals surface area contributed by atoms with Crippen LogP contribution in [0.15, 0.2) is 30.5 Å². The molecule has 3 heterocycles. The summed E-state index contributed by atoms with van der Waals surface area (Å²) < 4.78 is 21.5. The smallest absolute Gasteiger partial charge is 0.276 e. The van der Waals surface area contributed by atoms with Crippen LogP contribution in [0.25, 0.3) is 0 Å². The number of nitrogens with one attached hydrogen (secondary N) is 1. The first-order valence-electron chi connectivity index (χ1n) is 9.00. The van der Waals surface area contributed by atoms with E-state index in [-0.39, 0.29) is 17.8 Å². The molecule has 0 bridgehead atoms. The number of hydrogen-bond acceptors (Lipinski definition) is 5. The van der Waals surface area contributed by atoms with Gasteiger partial charge in [0.25, 0.3) is 5.91 Å². The number of rotatable bonds is 3. The van der Waals surface area contributed by atoms with Crippen molar-refractivity contribution >= 4 is 5.91 Å². The van der Waals surface area contributed by atoms with Crippen molar-refractivity contribution in [2.24, 2.45) is 0 Å². The van der Waals surface area contributed by atoms with E-state index in [0.29, 0.717) is 31.0 Å². The molecule has 0 spiro atoms. The Morgan fingerprint density at radius 3 is 2.88 bits per heavy atom. The van der Waals surface area contributed by atoms with Crippen molar-refractivity contribution in [3.05, 3.63) is 47.5 Å². The largest absolute Gasteiger partial charge is 0.370 e. The Bertz CT molecular complexity index is 774. The van der Waals surface area contributed by atoms with Crippen LogP contribution in [0.5, 0.6) is 0 Å². The Kier molecular flexibility index (Phi) is 4.94. The van der Waals surface area contributed by atoms with Gasteiger partial charge < -0.3 is 15.0 Å². The lowest BCUT2D eigenvalue weighted by Gasteiger charge is -2.32. The third-order valence-electron chi connectivity index (χ3n) is 5.02. The maximum atomic E-state index is 14.0. The van der Waals surface area contributed by atoms with Crippen molar-refractivity contribution in [1.29, 1.82) is 0 Å². The van der Waals surface area contributed by atoms with Crippen molar-refractivity contribution in [3.63, 3.8) is 0 Å². The highest BCUT2D eigenvalue weighted by molar-refractivity contribution is 5.92. The van der Waals surface area contributed by atoms with Crippen molar-refractivity contribution in [2.75, 3.05) is 32.8 Å². The molecule has 26 heavy (non-hydrogen) atoms. The van der Waals surface area contributed by atoms with Gasteiger partial charge in [-0.3, -0.25) is 4.79 Å². The quantitative estimate of drug-likeness (QED) is 0.900. The van der Waals surface area contributed by atoms with E-state index in [1.165, 1.54) is 6.07 Å². The molecule has 138 valence electrons. The van der Waals surface area contributed by atoms with E-state index in [0.717, 1.165) is 25.9 Å². The fraction of sp³-hybridized carbons (Fsp3) is 0.500. The lowest BCUT2D eigenvalue weighted by atomic mass is 10.1. The second-order valence-electron chi connectivity index (χ2n) is 6.70. The highest BCUT2D eigenvalue weighted by Crippen LogP contribution is 2.25. The molecular formula is C18H22FN5O2. The fourth-order valence-corrected chi connectivity index (χ4v) is 3.54. The molecule has 1 N–H and O–H groups in total. The standard InChI is InChI=1S/C18H22FN5O2/c19-15-4-2-1-3-14(15)17-12-23(9-10-26-17)18(25)16-11-24(22-21-16)13-5-7-20-8-6-13/h1-4,11,13,17,20H,5-10,12H2. The number of carbonyl (C=O) groups excluding carboxylic acids is 1. The summed E-state index contributed by atoms with van der Waals surface area (Å²) in [6.07, 6.45) is 3.22. The van der Waals surface area contributed by atoms with E-state index in [1.807, 2.05) is 0 Å². The summed E-state index contributed by atoms with van der Waals surface area (Å²) in [5, 5.41) is 11.5. The van der Waals surface area contributed by atoms with Gasteiger partial charge in [0.2, 0.25) is 0 Å². The highest BCUT2D eigenvalue weighted by Gasteiger charge is 2.29. The predicted octanol–water partition coefficient (Wildman–Crippen LogP) is 1.56. The van der Waals surface area contributed by atoms with Gasteiger partial charge in [-0.25, -0.2) is 9.07 Å². The van der Waals surface area contributed by atoms with Crippen LogP contribution in [0, 0.1) is 5.82 Å². The summed E-state index contributed by atoms with van der Waals surface area (Å²) in [5.74, 6) is -0.501. The summed E-state index contributed by atoms with van der Waals surface area (Å²) in [7, 11) is 0. The maximum absolute atomic E-state index is 14.0. The number of ether oxygens (including phenoxy) is 1. The molecule has 4 rings (SSSR count). The van der Waals surface area contributed by atoms with Crippen molar-refractivity contribution in [1.82, 2.24) is 25.2 Å². The molecule has 1 atom stereocenters. The van der Waals surface area contributed by atoms with Gasteiger partial charge in [0, 0.05) is 12.1 Å². The molecule has 2 aromatic rings. The van der Waals surface area contributed by atoms with Crippen LogP contribution in [0.2, 0.25) is 0 Å². The molecule has 1 aromatic heterocycles. The summed E-state index contributed by atoms with van der Waals surface area (Å²) in [5.41, 5.74) is 0.807. The number of aromatic nitrogens is 3. The maximum Gasteiger partial charge on any atom is 0.276 e. The monoisotopic (exact) mass is 359 g/mol. The van der Waals surface area contributed by atoms with E-state index in [1.54, 1.807) is 34.0 Å². The van der Waals surface area contributed by atoms with Crippen LogP contribution in [0.4, 0.5) is 4.39 Å². The minimum Gasteiger partial charge on any atom is -0.370 e. The first kappa shape index (κ1) is 17.1. The lowest BCUT2D eigenvalue weighted by Crippen LogP contribution is -2.42. The Labute approximate surface area is 151 Å². The van der Waals surface area contributed by atoms with Crippen LogP contribution in [-0.4, -0.2) is 58.6 Å². The normalized spacial score (nSPS) is 21.7. The molecule has 0 radical (unpaired) electrons.